The van der Waals surface area contributed by atoms with Crippen LogP contribution in [0.3, 0.4) is 0 Å². The number of benzene rings is 3. The van der Waals surface area contributed by atoms with Gasteiger partial charge in [0, 0.05) is 53.8 Å². The second-order valence-electron chi connectivity index (χ2n) is 12.2. The second kappa shape index (κ2) is 25.9. The highest BCUT2D eigenvalue weighted by atomic mass is 19.4. The summed E-state index contributed by atoms with van der Waals surface area (Å²) >= 11 is 0. The molecular weight excluding hydrogens is 741 g/mol. The molecule has 0 saturated heterocycles. The number of carbonyl (C=O) groups excluding carboxylic acids is 2. The van der Waals surface area contributed by atoms with Crippen LogP contribution in [0.4, 0.5) is 24.5 Å². The number of carbonyl (C=O) groups is 2. The molecule has 0 aliphatic carbocycles. The Bertz CT molecular complexity index is 1880. The average molecular weight is 793 g/mol. The van der Waals surface area contributed by atoms with Crippen LogP contribution in [0.2, 0.25) is 0 Å². The number of aliphatic hydroxyl groups is 1. The van der Waals surface area contributed by atoms with E-state index in [2.05, 4.69) is 46.2 Å². The van der Waals surface area contributed by atoms with Crippen molar-refractivity contribution in [3.63, 3.8) is 0 Å². The number of ether oxygens (including phenoxy) is 4. The summed E-state index contributed by atoms with van der Waals surface area (Å²) in [4.78, 5) is 31.4. The molecule has 0 saturated carbocycles. The molecule has 1 aromatic heterocycles. The monoisotopic (exact) mass is 792 g/mol. The molecule has 0 radical (unpaired) electrons. The summed E-state index contributed by atoms with van der Waals surface area (Å²) in [6.45, 7) is 9.45. The molecule has 1 amide bonds. The largest absolute Gasteiger partial charge is 0.416 e. The van der Waals surface area contributed by atoms with E-state index < -0.39 is 11.7 Å². The number of nitrogens with one attached hydrogen (secondary N) is 2. The lowest BCUT2D eigenvalue weighted by atomic mass is 10.0. The van der Waals surface area contributed by atoms with Crippen molar-refractivity contribution >= 4 is 23.6 Å². The Labute approximate surface area is 332 Å². The first kappa shape index (κ1) is 46.2. The molecule has 57 heavy (non-hydrogen) atoms. The van der Waals surface area contributed by atoms with Crippen molar-refractivity contribution in [1.82, 2.24) is 10.3 Å². The van der Waals surface area contributed by atoms with Crippen LogP contribution < -0.4 is 15.5 Å². The SMILES string of the molecule is CCN(CC)c1ccc(NC(=O)c2cccc(C#CCOCCOCCOCCOCCO)c2)c(-c2cc(C=O)ccn2)c1.CNCc1cccc(C(F)(F)F)c1. The Hall–Kier alpha value is -5.14. The summed E-state index contributed by atoms with van der Waals surface area (Å²) in [6.07, 6.45) is -1.88. The fourth-order valence-electron chi connectivity index (χ4n) is 5.29. The van der Waals surface area contributed by atoms with Gasteiger partial charge in [-0.05, 0) is 81.1 Å². The van der Waals surface area contributed by atoms with E-state index in [1.807, 2.05) is 24.3 Å². The van der Waals surface area contributed by atoms with Gasteiger partial charge in [-0.2, -0.15) is 13.2 Å². The molecular formula is C43H51F3N4O7. The molecule has 0 aliphatic rings. The average Bonchev–Trinajstić information content (AvgIpc) is 3.22. The molecule has 3 N–H and O–H groups in total. The number of anilines is 2. The van der Waals surface area contributed by atoms with Crippen molar-refractivity contribution < 1.29 is 46.8 Å². The van der Waals surface area contributed by atoms with Crippen molar-refractivity contribution in [2.45, 2.75) is 26.6 Å². The van der Waals surface area contributed by atoms with Crippen LogP contribution in [0.15, 0.2) is 85.1 Å². The van der Waals surface area contributed by atoms with Crippen LogP contribution >= 0.6 is 0 Å². The summed E-state index contributed by atoms with van der Waals surface area (Å²) in [5.74, 6) is 5.71. The first-order valence-corrected chi connectivity index (χ1v) is 18.6. The van der Waals surface area contributed by atoms with Gasteiger partial charge in [0.25, 0.3) is 5.91 Å². The highest BCUT2D eigenvalue weighted by molar-refractivity contribution is 6.06. The van der Waals surface area contributed by atoms with E-state index in [0.29, 0.717) is 86.4 Å². The Morgan fingerprint density at radius 1 is 0.860 bits per heavy atom. The van der Waals surface area contributed by atoms with Crippen molar-refractivity contribution in [2.75, 3.05) is 89.8 Å². The fourth-order valence-corrected chi connectivity index (χ4v) is 5.29. The van der Waals surface area contributed by atoms with Crippen molar-refractivity contribution in [2.24, 2.45) is 0 Å². The van der Waals surface area contributed by atoms with Crippen molar-refractivity contribution in [3.8, 4) is 23.1 Å². The van der Waals surface area contributed by atoms with Crippen LogP contribution in [0.5, 0.6) is 0 Å². The molecule has 306 valence electrons. The zero-order valence-electron chi connectivity index (χ0n) is 32.6. The minimum absolute atomic E-state index is 0.00485. The second-order valence-corrected chi connectivity index (χ2v) is 12.2. The first-order valence-electron chi connectivity index (χ1n) is 18.6. The van der Waals surface area contributed by atoms with Gasteiger partial charge in [-0.25, -0.2) is 0 Å². The number of halogens is 3. The molecule has 14 heteroatoms. The standard InChI is InChI=1S/C34H41N3O7.C9H10F3N/c1-3-37(4-2)30-10-11-32(31(25-30)33-24-28(26-39)12-13-35-33)36-34(40)29-9-5-7-27(23-29)8-6-15-41-17-19-43-21-22-44-20-18-42-16-14-38;1-13-6-7-3-2-4-8(5-7)9(10,11)12/h5,7,9-13,23-26,38H,3-4,14-22H2,1-2H3,(H,36,40);2-5,13H,6H2,1H3. The van der Waals surface area contributed by atoms with Gasteiger partial charge >= 0.3 is 6.18 Å². The summed E-state index contributed by atoms with van der Waals surface area (Å²) < 4.78 is 58.0. The summed E-state index contributed by atoms with van der Waals surface area (Å²) in [6, 6.07) is 21.5. The zero-order valence-corrected chi connectivity index (χ0v) is 32.6. The lowest BCUT2D eigenvalue weighted by Gasteiger charge is -2.23. The zero-order chi connectivity index (χ0) is 41.3. The predicted octanol–water partition coefficient (Wildman–Crippen LogP) is 6.49. The highest BCUT2D eigenvalue weighted by Crippen LogP contribution is 2.32. The molecule has 0 atom stereocenters. The highest BCUT2D eigenvalue weighted by Gasteiger charge is 2.30. The molecule has 4 rings (SSSR count). The Balaban J connectivity index is 0.000000566. The number of aldehydes is 1. The van der Waals surface area contributed by atoms with Gasteiger partial charge in [-0.3, -0.25) is 14.6 Å². The number of hydrogen-bond acceptors (Lipinski definition) is 10. The molecule has 11 nitrogen and oxygen atoms in total. The number of aliphatic hydroxyl groups excluding tert-OH is 1. The molecule has 0 spiro atoms. The first-order chi connectivity index (χ1) is 27.6. The molecule has 3 aromatic carbocycles. The number of hydrogen-bond donors (Lipinski definition) is 3. The number of aromatic nitrogens is 1. The quantitative estimate of drug-likeness (QED) is 0.0489. The smallest absolute Gasteiger partial charge is 0.394 e. The lowest BCUT2D eigenvalue weighted by Crippen LogP contribution is -2.22. The minimum Gasteiger partial charge on any atom is -0.394 e. The van der Waals surface area contributed by atoms with E-state index in [0.717, 1.165) is 42.8 Å². The summed E-state index contributed by atoms with van der Waals surface area (Å²) in [5, 5.41) is 14.4. The number of alkyl halides is 3. The van der Waals surface area contributed by atoms with E-state index >= 15 is 0 Å². The molecule has 0 aliphatic heterocycles. The number of nitrogens with zero attached hydrogens (tertiary/aromatic N) is 2. The van der Waals surface area contributed by atoms with E-state index in [1.165, 1.54) is 6.07 Å². The van der Waals surface area contributed by atoms with Crippen LogP contribution in [0.25, 0.3) is 11.3 Å². The Kier molecular flexibility index (Phi) is 21.0. The van der Waals surface area contributed by atoms with Crippen LogP contribution in [0, 0.1) is 11.8 Å². The Morgan fingerprint density at radius 2 is 1.54 bits per heavy atom. The van der Waals surface area contributed by atoms with E-state index in [1.54, 1.807) is 49.6 Å². The van der Waals surface area contributed by atoms with Gasteiger partial charge < -0.3 is 39.6 Å². The number of amides is 1. The molecule has 4 aromatic rings. The van der Waals surface area contributed by atoms with E-state index in [4.69, 9.17) is 24.1 Å². The van der Waals surface area contributed by atoms with Gasteiger partial charge in [-0.15, -0.1) is 0 Å². The molecule has 0 bridgehead atoms. The van der Waals surface area contributed by atoms with E-state index in [-0.39, 0.29) is 19.1 Å². The minimum atomic E-state index is -4.25. The van der Waals surface area contributed by atoms with Gasteiger partial charge in [0.1, 0.15) is 12.9 Å². The third kappa shape index (κ3) is 16.9. The fraction of sp³-hybridized carbons (Fsp3) is 0.372. The number of rotatable bonds is 21. The van der Waals surface area contributed by atoms with Gasteiger partial charge in [-0.1, -0.05) is 36.1 Å². The third-order valence-electron chi connectivity index (χ3n) is 8.09. The molecule has 1 heterocycles. The topological polar surface area (TPSA) is 131 Å². The Morgan fingerprint density at radius 3 is 2.19 bits per heavy atom. The molecule has 0 fully saturated rings. The number of pyridine rings is 1. The van der Waals surface area contributed by atoms with E-state index in [9.17, 15) is 22.8 Å². The van der Waals surface area contributed by atoms with Gasteiger partial charge in [0.2, 0.25) is 0 Å². The van der Waals surface area contributed by atoms with Crippen molar-refractivity contribution in [3.05, 3.63) is 113 Å². The van der Waals surface area contributed by atoms with Crippen LogP contribution in [-0.2, 0) is 31.7 Å². The summed E-state index contributed by atoms with van der Waals surface area (Å²) in [5.41, 5.74) is 4.60. The van der Waals surface area contributed by atoms with Gasteiger partial charge in [0.05, 0.1) is 69.8 Å². The lowest BCUT2D eigenvalue weighted by molar-refractivity contribution is -0.137. The van der Waals surface area contributed by atoms with Crippen LogP contribution in [0.1, 0.15) is 51.3 Å². The summed E-state index contributed by atoms with van der Waals surface area (Å²) in [7, 11) is 1.69. The predicted molar refractivity (Wildman–Crippen MR) is 214 cm³/mol. The molecule has 0 unspecified atom stereocenters. The van der Waals surface area contributed by atoms with Crippen LogP contribution in [-0.4, -0.2) is 102 Å². The van der Waals surface area contributed by atoms with Gasteiger partial charge in [0.15, 0.2) is 0 Å². The third-order valence-corrected chi connectivity index (χ3v) is 8.09. The van der Waals surface area contributed by atoms with Crippen molar-refractivity contribution in [1.29, 1.82) is 0 Å². The maximum absolute atomic E-state index is 13.3. The normalized spacial score (nSPS) is 10.9. The maximum Gasteiger partial charge on any atom is 0.416 e. The maximum atomic E-state index is 13.3.